The quantitative estimate of drug-likeness (QED) is 0.384. The van der Waals surface area contributed by atoms with Gasteiger partial charge in [-0.05, 0) is 81.4 Å². The molecule has 1 saturated heterocycles. The van der Waals surface area contributed by atoms with Crippen LogP contribution in [0.3, 0.4) is 0 Å². The van der Waals surface area contributed by atoms with Gasteiger partial charge in [0.15, 0.2) is 5.76 Å². The monoisotopic (exact) mass is 496 g/mol. The van der Waals surface area contributed by atoms with Crippen LogP contribution in [-0.2, 0) is 13.1 Å². The third-order valence-electron chi connectivity index (χ3n) is 7.83. The predicted octanol–water partition coefficient (Wildman–Crippen LogP) is 4.41. The molecule has 8 nitrogen and oxygen atoms in total. The summed E-state index contributed by atoms with van der Waals surface area (Å²) in [5, 5.41) is 21.2. The number of aliphatic hydroxyl groups excluding tert-OH is 1. The fourth-order valence-corrected chi connectivity index (χ4v) is 5.72. The average Bonchev–Trinajstić information content (AvgIpc) is 3.66. The molecular formula is C29H32N6O2. The van der Waals surface area contributed by atoms with Crippen molar-refractivity contribution in [1.29, 1.82) is 0 Å². The summed E-state index contributed by atoms with van der Waals surface area (Å²) in [5.74, 6) is 8.73. The Kier molecular flexibility index (Phi) is 6.41. The van der Waals surface area contributed by atoms with Crippen LogP contribution in [0.1, 0.15) is 61.5 Å². The Labute approximate surface area is 216 Å². The van der Waals surface area contributed by atoms with E-state index in [-0.39, 0.29) is 0 Å². The zero-order chi connectivity index (χ0) is 25.2. The number of piperidine rings is 1. The van der Waals surface area contributed by atoms with E-state index in [1.165, 1.54) is 31.4 Å². The van der Waals surface area contributed by atoms with Gasteiger partial charge < -0.3 is 14.2 Å². The molecule has 1 aliphatic carbocycles. The normalized spacial score (nSPS) is 18.3. The number of nitrogens with one attached hydrogen (secondary N) is 1. The molecule has 1 atom stereocenters. The number of aromatic amines is 1. The number of imidazole rings is 1. The van der Waals surface area contributed by atoms with E-state index in [4.69, 9.17) is 4.52 Å². The van der Waals surface area contributed by atoms with Crippen molar-refractivity contribution in [2.45, 2.75) is 51.8 Å². The van der Waals surface area contributed by atoms with Crippen molar-refractivity contribution in [3.8, 4) is 23.2 Å². The molecule has 0 unspecified atom stereocenters. The summed E-state index contributed by atoms with van der Waals surface area (Å²) in [5.41, 5.74) is 4.48. The van der Waals surface area contributed by atoms with Crippen LogP contribution >= 0.6 is 0 Å². The van der Waals surface area contributed by atoms with Gasteiger partial charge in [-0.2, -0.15) is 5.10 Å². The molecule has 8 heteroatoms. The lowest BCUT2D eigenvalue weighted by molar-refractivity contribution is 0.00506. The largest absolute Gasteiger partial charge is 0.385 e. The van der Waals surface area contributed by atoms with Gasteiger partial charge in [0.05, 0.1) is 6.54 Å². The van der Waals surface area contributed by atoms with Crippen LogP contribution in [0.15, 0.2) is 59.5 Å². The SMILES string of the molecule is C[C@H](O)c1nccn1Cc1cc(-c2ccc(C#CC3CC4(CCN(Cc5ccn[nH]5)CC4)C3)cc2)on1. The van der Waals surface area contributed by atoms with Crippen LogP contribution < -0.4 is 0 Å². The van der Waals surface area contributed by atoms with E-state index in [0.29, 0.717) is 29.5 Å². The highest BCUT2D eigenvalue weighted by molar-refractivity contribution is 5.59. The molecule has 1 aromatic carbocycles. The Morgan fingerprint density at radius 2 is 1.95 bits per heavy atom. The summed E-state index contributed by atoms with van der Waals surface area (Å²) in [6.07, 6.45) is 9.70. The van der Waals surface area contributed by atoms with Gasteiger partial charge in [-0.15, -0.1) is 0 Å². The molecule has 1 spiro atoms. The summed E-state index contributed by atoms with van der Waals surface area (Å²) < 4.78 is 7.45. The molecule has 1 saturated carbocycles. The smallest absolute Gasteiger partial charge is 0.167 e. The molecule has 190 valence electrons. The molecule has 2 aliphatic rings. The molecule has 6 rings (SSSR count). The first-order valence-corrected chi connectivity index (χ1v) is 13.0. The van der Waals surface area contributed by atoms with Crippen LogP contribution in [0, 0.1) is 23.2 Å². The second kappa shape index (κ2) is 10.0. The van der Waals surface area contributed by atoms with Gasteiger partial charge in [-0.3, -0.25) is 10.00 Å². The predicted molar refractivity (Wildman–Crippen MR) is 139 cm³/mol. The molecule has 0 amide bonds. The number of benzene rings is 1. The fraction of sp³-hybridized carbons (Fsp3) is 0.414. The standard InChI is InChI=1S/C29H32N6O2/c1-21(36)28-30-12-15-35(28)20-26-16-27(37-33-26)24-6-4-22(5-7-24)2-3-23-17-29(18-23)9-13-34(14-10-29)19-25-8-11-31-32-25/h4-8,11-12,15-16,21,23,36H,9-10,13-14,17-20H2,1H3,(H,31,32)/t21-/m0/s1. The maximum absolute atomic E-state index is 9.85. The summed E-state index contributed by atoms with van der Waals surface area (Å²) in [6.45, 7) is 5.49. The minimum Gasteiger partial charge on any atom is -0.385 e. The lowest BCUT2D eigenvalue weighted by Gasteiger charge is -2.50. The van der Waals surface area contributed by atoms with E-state index >= 15 is 0 Å². The van der Waals surface area contributed by atoms with E-state index in [1.54, 1.807) is 13.1 Å². The molecular weight excluding hydrogens is 464 g/mol. The van der Waals surface area contributed by atoms with Crippen molar-refractivity contribution in [2.75, 3.05) is 13.1 Å². The number of hydrogen-bond donors (Lipinski definition) is 2. The average molecular weight is 497 g/mol. The van der Waals surface area contributed by atoms with Gasteiger partial charge in [0, 0.05) is 53.9 Å². The zero-order valence-corrected chi connectivity index (χ0v) is 21.1. The first-order chi connectivity index (χ1) is 18.1. The van der Waals surface area contributed by atoms with Gasteiger partial charge in [-0.25, -0.2) is 4.98 Å². The molecule has 2 N–H and O–H groups in total. The highest BCUT2D eigenvalue weighted by atomic mass is 16.5. The van der Waals surface area contributed by atoms with Crippen LogP contribution in [0.5, 0.6) is 0 Å². The first-order valence-electron chi connectivity index (χ1n) is 13.0. The maximum Gasteiger partial charge on any atom is 0.167 e. The molecule has 2 fully saturated rings. The number of hydrogen-bond acceptors (Lipinski definition) is 6. The lowest BCUT2D eigenvalue weighted by atomic mass is 9.58. The summed E-state index contributed by atoms with van der Waals surface area (Å²) in [6, 6.07) is 12.2. The minimum atomic E-state index is -0.633. The second-order valence-electron chi connectivity index (χ2n) is 10.6. The van der Waals surface area contributed by atoms with Gasteiger partial charge in [0.1, 0.15) is 17.6 Å². The summed E-state index contributed by atoms with van der Waals surface area (Å²) >= 11 is 0. The minimum absolute atomic E-state index is 0.498. The van der Waals surface area contributed by atoms with Crippen LogP contribution in [0.2, 0.25) is 0 Å². The fourth-order valence-electron chi connectivity index (χ4n) is 5.72. The highest BCUT2D eigenvalue weighted by Gasteiger charge is 2.45. The van der Waals surface area contributed by atoms with E-state index in [2.05, 4.69) is 43.1 Å². The van der Waals surface area contributed by atoms with Gasteiger partial charge in [-0.1, -0.05) is 17.0 Å². The Balaban J connectivity index is 1.01. The third kappa shape index (κ3) is 5.24. The van der Waals surface area contributed by atoms with E-state index in [0.717, 1.165) is 36.5 Å². The highest BCUT2D eigenvalue weighted by Crippen LogP contribution is 2.52. The lowest BCUT2D eigenvalue weighted by Crippen LogP contribution is -2.46. The molecule has 4 aromatic rings. The van der Waals surface area contributed by atoms with Gasteiger partial charge in [0.25, 0.3) is 0 Å². The maximum atomic E-state index is 9.85. The van der Waals surface area contributed by atoms with Crippen LogP contribution in [0.4, 0.5) is 0 Å². The van der Waals surface area contributed by atoms with Gasteiger partial charge >= 0.3 is 0 Å². The number of aromatic nitrogens is 5. The number of nitrogens with zero attached hydrogens (tertiary/aromatic N) is 5. The number of likely N-dealkylation sites (tertiary alicyclic amines) is 1. The number of aliphatic hydroxyl groups is 1. The van der Waals surface area contributed by atoms with Crippen molar-refractivity contribution < 1.29 is 9.63 Å². The molecule has 0 bridgehead atoms. The van der Waals surface area contributed by atoms with E-state index < -0.39 is 6.10 Å². The van der Waals surface area contributed by atoms with E-state index in [9.17, 15) is 5.11 Å². The third-order valence-corrected chi connectivity index (χ3v) is 7.83. The number of H-pyrrole nitrogens is 1. The zero-order valence-electron chi connectivity index (χ0n) is 21.1. The molecule has 0 radical (unpaired) electrons. The van der Waals surface area contributed by atoms with Crippen molar-refractivity contribution in [1.82, 2.24) is 29.8 Å². The number of rotatable bonds is 6. The molecule has 3 aromatic heterocycles. The Morgan fingerprint density at radius 3 is 2.68 bits per heavy atom. The molecule has 1 aliphatic heterocycles. The van der Waals surface area contributed by atoms with Crippen molar-refractivity contribution in [3.63, 3.8) is 0 Å². The molecule has 37 heavy (non-hydrogen) atoms. The molecule has 4 heterocycles. The van der Waals surface area contributed by atoms with Crippen LogP contribution in [-0.4, -0.2) is 48.0 Å². The Hall–Kier alpha value is -3.67. The van der Waals surface area contributed by atoms with Crippen molar-refractivity contribution in [2.24, 2.45) is 11.3 Å². The first kappa shape index (κ1) is 23.7. The topological polar surface area (TPSA) is 96.0 Å². The van der Waals surface area contributed by atoms with E-state index in [1.807, 2.05) is 47.3 Å². The summed E-state index contributed by atoms with van der Waals surface area (Å²) in [4.78, 5) is 6.73. The Morgan fingerprint density at radius 1 is 1.14 bits per heavy atom. The summed E-state index contributed by atoms with van der Waals surface area (Å²) in [7, 11) is 0. The second-order valence-corrected chi connectivity index (χ2v) is 10.6. The van der Waals surface area contributed by atoms with Crippen LogP contribution in [0.25, 0.3) is 11.3 Å². The Bertz CT molecular complexity index is 1370. The van der Waals surface area contributed by atoms with Crippen molar-refractivity contribution in [3.05, 3.63) is 77.8 Å². The van der Waals surface area contributed by atoms with Gasteiger partial charge in [0.2, 0.25) is 0 Å². The van der Waals surface area contributed by atoms with Crippen molar-refractivity contribution >= 4 is 0 Å².